The fourth-order valence-electron chi connectivity index (χ4n) is 4.14. The quantitative estimate of drug-likeness (QED) is 0.863. The molecular weight excluding hydrogens is 286 g/mol. The van der Waals surface area contributed by atoms with Crippen LogP contribution in [0, 0.1) is 5.92 Å². The molecule has 2 aliphatic heterocycles. The first kappa shape index (κ1) is 14.6. The minimum absolute atomic E-state index is 0.527. The molecule has 2 aliphatic rings. The van der Waals surface area contributed by atoms with E-state index in [2.05, 4.69) is 47.4 Å². The second-order valence-electron chi connectivity index (χ2n) is 6.55. The Morgan fingerprint density at radius 2 is 1.78 bits per heavy atom. The highest BCUT2D eigenvalue weighted by Gasteiger charge is 2.43. The Hall–Kier alpha value is -2.00. The molecule has 2 aromatic carbocycles. The maximum atomic E-state index is 5.52. The Balaban J connectivity index is 1.63. The SMILES string of the molecule is COc1cc2c(cc1OC)[C@H]1[C@@H](Cc3ccccc3)CN1CC2. The van der Waals surface area contributed by atoms with Gasteiger partial charge in [0.1, 0.15) is 0 Å². The average molecular weight is 309 g/mol. The summed E-state index contributed by atoms with van der Waals surface area (Å²) in [6, 6.07) is 15.7. The van der Waals surface area contributed by atoms with Gasteiger partial charge in [0.2, 0.25) is 0 Å². The highest BCUT2D eigenvalue weighted by atomic mass is 16.5. The molecule has 2 heterocycles. The van der Waals surface area contributed by atoms with Crippen molar-refractivity contribution in [2.45, 2.75) is 18.9 Å². The third-order valence-corrected chi connectivity index (χ3v) is 5.28. The summed E-state index contributed by atoms with van der Waals surface area (Å²) in [5.41, 5.74) is 4.28. The van der Waals surface area contributed by atoms with E-state index in [4.69, 9.17) is 9.47 Å². The predicted molar refractivity (Wildman–Crippen MR) is 91.2 cm³/mol. The van der Waals surface area contributed by atoms with E-state index in [-0.39, 0.29) is 0 Å². The van der Waals surface area contributed by atoms with Crippen LogP contribution in [0.5, 0.6) is 11.5 Å². The smallest absolute Gasteiger partial charge is 0.161 e. The van der Waals surface area contributed by atoms with Crippen LogP contribution in [0.1, 0.15) is 22.7 Å². The van der Waals surface area contributed by atoms with E-state index in [0.29, 0.717) is 12.0 Å². The van der Waals surface area contributed by atoms with Gasteiger partial charge in [-0.1, -0.05) is 30.3 Å². The number of hydrogen-bond donors (Lipinski definition) is 0. The number of nitrogens with zero attached hydrogens (tertiary/aromatic N) is 1. The van der Waals surface area contributed by atoms with Crippen molar-refractivity contribution < 1.29 is 9.47 Å². The number of hydrogen-bond acceptors (Lipinski definition) is 3. The molecule has 4 rings (SSSR count). The molecule has 0 amide bonds. The zero-order chi connectivity index (χ0) is 15.8. The number of fused-ring (bicyclic) bond motifs is 3. The molecule has 2 atom stereocenters. The maximum Gasteiger partial charge on any atom is 0.161 e. The Kier molecular flexibility index (Phi) is 3.74. The van der Waals surface area contributed by atoms with Crippen LogP contribution in [0.4, 0.5) is 0 Å². The van der Waals surface area contributed by atoms with E-state index < -0.39 is 0 Å². The molecule has 0 aromatic heterocycles. The van der Waals surface area contributed by atoms with Crippen LogP contribution in [0.25, 0.3) is 0 Å². The second-order valence-corrected chi connectivity index (χ2v) is 6.55. The Morgan fingerprint density at radius 1 is 1.04 bits per heavy atom. The Labute approximate surface area is 137 Å². The number of rotatable bonds is 4. The number of benzene rings is 2. The maximum absolute atomic E-state index is 5.52. The number of ether oxygens (including phenoxy) is 2. The first-order chi connectivity index (χ1) is 11.3. The minimum Gasteiger partial charge on any atom is -0.493 e. The summed E-state index contributed by atoms with van der Waals surface area (Å²) < 4.78 is 11.0. The van der Waals surface area contributed by atoms with E-state index in [1.54, 1.807) is 14.2 Å². The molecule has 0 N–H and O–H groups in total. The highest BCUT2D eigenvalue weighted by molar-refractivity contribution is 5.50. The fourth-order valence-corrected chi connectivity index (χ4v) is 4.14. The predicted octanol–water partition coefficient (Wildman–Crippen LogP) is 3.48. The molecule has 1 fully saturated rings. The Bertz CT molecular complexity index is 698. The molecule has 0 aliphatic carbocycles. The molecule has 23 heavy (non-hydrogen) atoms. The topological polar surface area (TPSA) is 21.7 Å². The van der Waals surface area contributed by atoms with Crippen LogP contribution in [0.3, 0.4) is 0 Å². The monoisotopic (exact) mass is 309 g/mol. The highest BCUT2D eigenvalue weighted by Crippen LogP contribution is 2.47. The van der Waals surface area contributed by atoms with Gasteiger partial charge in [0.15, 0.2) is 11.5 Å². The zero-order valence-corrected chi connectivity index (χ0v) is 13.8. The summed E-state index contributed by atoms with van der Waals surface area (Å²) in [5, 5.41) is 0. The van der Waals surface area contributed by atoms with Crippen molar-refractivity contribution in [3.63, 3.8) is 0 Å². The van der Waals surface area contributed by atoms with Gasteiger partial charge in [-0.2, -0.15) is 0 Å². The van der Waals surface area contributed by atoms with E-state index in [0.717, 1.165) is 30.9 Å². The van der Waals surface area contributed by atoms with E-state index >= 15 is 0 Å². The van der Waals surface area contributed by atoms with Gasteiger partial charge in [-0.15, -0.1) is 0 Å². The molecule has 0 saturated carbocycles. The normalized spacial score (nSPS) is 22.7. The second kappa shape index (κ2) is 5.89. The van der Waals surface area contributed by atoms with E-state index in [1.165, 1.54) is 23.2 Å². The van der Waals surface area contributed by atoms with Gasteiger partial charge in [0, 0.05) is 19.1 Å². The first-order valence-corrected chi connectivity index (χ1v) is 8.33. The van der Waals surface area contributed by atoms with Gasteiger partial charge in [0.25, 0.3) is 0 Å². The third kappa shape index (κ3) is 2.49. The molecule has 3 nitrogen and oxygen atoms in total. The average Bonchev–Trinajstić information content (AvgIpc) is 2.58. The van der Waals surface area contributed by atoms with Gasteiger partial charge in [-0.05, 0) is 47.6 Å². The summed E-state index contributed by atoms with van der Waals surface area (Å²) in [7, 11) is 3.42. The van der Waals surface area contributed by atoms with Crippen molar-refractivity contribution in [1.29, 1.82) is 0 Å². The molecule has 0 bridgehead atoms. The van der Waals surface area contributed by atoms with Gasteiger partial charge >= 0.3 is 0 Å². The lowest BCUT2D eigenvalue weighted by atomic mass is 9.75. The number of methoxy groups -OCH3 is 2. The zero-order valence-electron chi connectivity index (χ0n) is 13.8. The van der Waals surface area contributed by atoms with Crippen molar-refractivity contribution in [2.24, 2.45) is 5.92 Å². The summed E-state index contributed by atoms with van der Waals surface area (Å²) in [6.45, 7) is 2.35. The molecule has 0 spiro atoms. The molecule has 0 unspecified atom stereocenters. The van der Waals surface area contributed by atoms with Crippen LogP contribution < -0.4 is 9.47 Å². The van der Waals surface area contributed by atoms with Crippen LogP contribution in [-0.2, 0) is 12.8 Å². The lowest BCUT2D eigenvalue weighted by Gasteiger charge is -2.52. The van der Waals surface area contributed by atoms with Crippen molar-refractivity contribution >= 4 is 0 Å². The van der Waals surface area contributed by atoms with Crippen LogP contribution in [0.2, 0.25) is 0 Å². The minimum atomic E-state index is 0.527. The summed E-state index contributed by atoms with van der Waals surface area (Å²) in [4.78, 5) is 2.60. The van der Waals surface area contributed by atoms with Crippen LogP contribution >= 0.6 is 0 Å². The van der Waals surface area contributed by atoms with Gasteiger partial charge in [-0.25, -0.2) is 0 Å². The molecule has 1 saturated heterocycles. The molecule has 2 aromatic rings. The van der Waals surface area contributed by atoms with Crippen molar-refractivity contribution in [3.8, 4) is 11.5 Å². The van der Waals surface area contributed by atoms with Gasteiger partial charge in [0.05, 0.1) is 14.2 Å². The van der Waals surface area contributed by atoms with Crippen molar-refractivity contribution in [2.75, 3.05) is 27.3 Å². The standard InChI is InChI=1S/C20H23NO2/c1-22-18-11-15-8-9-21-13-16(10-14-6-4-3-5-7-14)20(21)17(15)12-19(18)23-2/h3-7,11-12,16,20H,8-10,13H2,1-2H3/t16-,20+/m0/s1. The van der Waals surface area contributed by atoms with Gasteiger partial charge in [-0.3, -0.25) is 4.90 Å². The Morgan fingerprint density at radius 3 is 2.52 bits per heavy atom. The lowest BCUT2D eigenvalue weighted by Crippen LogP contribution is -2.53. The van der Waals surface area contributed by atoms with Crippen molar-refractivity contribution in [1.82, 2.24) is 4.90 Å². The summed E-state index contributed by atoms with van der Waals surface area (Å²) >= 11 is 0. The molecule has 120 valence electrons. The largest absolute Gasteiger partial charge is 0.493 e. The lowest BCUT2D eigenvalue weighted by molar-refractivity contribution is 0.00535. The first-order valence-electron chi connectivity index (χ1n) is 8.33. The van der Waals surface area contributed by atoms with Crippen molar-refractivity contribution in [3.05, 3.63) is 59.2 Å². The fraction of sp³-hybridized carbons (Fsp3) is 0.400. The summed E-state index contributed by atoms with van der Waals surface area (Å²) in [6.07, 6.45) is 2.25. The van der Waals surface area contributed by atoms with Gasteiger partial charge < -0.3 is 9.47 Å². The molecular formula is C20H23NO2. The molecule has 3 heteroatoms. The molecule has 0 radical (unpaired) electrons. The van der Waals surface area contributed by atoms with E-state index in [9.17, 15) is 0 Å². The van der Waals surface area contributed by atoms with Crippen LogP contribution in [0.15, 0.2) is 42.5 Å². The summed E-state index contributed by atoms with van der Waals surface area (Å²) in [5.74, 6) is 2.38. The van der Waals surface area contributed by atoms with E-state index in [1.807, 2.05) is 0 Å². The third-order valence-electron chi connectivity index (χ3n) is 5.28. The van der Waals surface area contributed by atoms with Crippen LogP contribution in [-0.4, -0.2) is 32.2 Å².